The number of carboxylic acid groups (broad SMARTS) is 1. The smallest absolute Gasteiger partial charge is 0.304 e. The van der Waals surface area contributed by atoms with E-state index in [1.54, 1.807) is 6.92 Å². The highest BCUT2D eigenvalue weighted by molar-refractivity contribution is 5.66. The molecule has 1 aliphatic heterocycles. The zero-order chi connectivity index (χ0) is 9.84. The van der Waals surface area contributed by atoms with Gasteiger partial charge in [0.05, 0.1) is 12.5 Å². The lowest BCUT2D eigenvalue weighted by Gasteiger charge is -2.25. The summed E-state index contributed by atoms with van der Waals surface area (Å²) in [6, 6.07) is 0.166. The van der Waals surface area contributed by atoms with Gasteiger partial charge in [-0.15, -0.1) is 0 Å². The summed E-state index contributed by atoms with van der Waals surface area (Å²) >= 11 is 0. The van der Waals surface area contributed by atoms with Crippen LogP contribution in [0.15, 0.2) is 0 Å². The first kappa shape index (κ1) is 10.5. The number of hydrogen-bond acceptors (Lipinski definition) is 3. The van der Waals surface area contributed by atoms with Crippen molar-refractivity contribution in [1.82, 2.24) is 4.90 Å². The zero-order valence-electron chi connectivity index (χ0n) is 7.94. The molecule has 0 aromatic heterocycles. The van der Waals surface area contributed by atoms with Gasteiger partial charge in [-0.25, -0.2) is 0 Å². The summed E-state index contributed by atoms with van der Waals surface area (Å²) in [7, 11) is 0. The molecule has 0 unspecified atom stereocenters. The van der Waals surface area contributed by atoms with Gasteiger partial charge in [-0.05, 0) is 26.3 Å². The van der Waals surface area contributed by atoms with E-state index in [1.165, 1.54) is 0 Å². The average molecular weight is 187 g/mol. The van der Waals surface area contributed by atoms with Gasteiger partial charge in [0.1, 0.15) is 0 Å². The molecule has 0 aromatic rings. The second-order valence-electron chi connectivity index (χ2n) is 3.63. The highest BCUT2D eigenvalue weighted by Gasteiger charge is 2.27. The highest BCUT2D eigenvalue weighted by Crippen LogP contribution is 2.19. The Morgan fingerprint density at radius 2 is 2.38 bits per heavy atom. The molecule has 1 aliphatic rings. The van der Waals surface area contributed by atoms with Gasteiger partial charge in [-0.1, -0.05) is 0 Å². The Bertz CT molecular complexity index is 182. The van der Waals surface area contributed by atoms with Crippen LogP contribution in [0.2, 0.25) is 0 Å². The number of likely N-dealkylation sites (tertiary alicyclic amines) is 1. The van der Waals surface area contributed by atoms with Crippen LogP contribution in [0.5, 0.6) is 0 Å². The van der Waals surface area contributed by atoms with Crippen LogP contribution in [0.4, 0.5) is 0 Å². The third-order valence-electron chi connectivity index (χ3n) is 2.58. The third kappa shape index (κ3) is 2.97. The summed E-state index contributed by atoms with van der Waals surface area (Å²) < 4.78 is 0. The minimum absolute atomic E-state index is 0.166. The average Bonchev–Trinajstić information content (AvgIpc) is 2.47. The first-order valence-corrected chi connectivity index (χ1v) is 4.75. The van der Waals surface area contributed by atoms with Crippen LogP contribution < -0.4 is 0 Å². The first-order chi connectivity index (χ1) is 6.11. The predicted octanol–water partition coefficient (Wildman–Crippen LogP) is 0.306. The number of rotatable bonds is 4. The maximum Gasteiger partial charge on any atom is 0.304 e. The Morgan fingerprint density at radius 1 is 1.69 bits per heavy atom. The highest BCUT2D eigenvalue weighted by atomic mass is 16.4. The normalized spacial score (nSPS) is 26.2. The molecule has 2 N–H and O–H groups in total. The third-order valence-corrected chi connectivity index (χ3v) is 2.58. The molecule has 0 spiro atoms. The van der Waals surface area contributed by atoms with Crippen molar-refractivity contribution in [2.24, 2.45) is 0 Å². The Kier molecular flexibility index (Phi) is 3.69. The fourth-order valence-electron chi connectivity index (χ4n) is 1.92. The Hall–Kier alpha value is -0.610. The molecule has 0 aliphatic carbocycles. The van der Waals surface area contributed by atoms with Crippen molar-refractivity contribution >= 4 is 5.97 Å². The maximum absolute atomic E-state index is 10.3. The van der Waals surface area contributed by atoms with Gasteiger partial charge in [0.15, 0.2) is 0 Å². The largest absolute Gasteiger partial charge is 0.481 e. The quantitative estimate of drug-likeness (QED) is 0.665. The van der Waals surface area contributed by atoms with E-state index in [1.807, 2.05) is 0 Å². The number of carboxylic acids is 1. The molecule has 1 rings (SSSR count). The van der Waals surface area contributed by atoms with E-state index in [4.69, 9.17) is 5.11 Å². The van der Waals surface area contributed by atoms with Crippen molar-refractivity contribution in [3.05, 3.63) is 0 Å². The molecule has 1 fully saturated rings. The van der Waals surface area contributed by atoms with E-state index >= 15 is 0 Å². The Morgan fingerprint density at radius 3 is 2.92 bits per heavy atom. The van der Waals surface area contributed by atoms with Gasteiger partial charge in [-0.3, -0.25) is 9.69 Å². The van der Waals surface area contributed by atoms with Crippen molar-refractivity contribution in [2.75, 3.05) is 13.1 Å². The van der Waals surface area contributed by atoms with Gasteiger partial charge in [0.2, 0.25) is 0 Å². The first-order valence-electron chi connectivity index (χ1n) is 4.75. The fourth-order valence-corrected chi connectivity index (χ4v) is 1.92. The molecule has 4 nitrogen and oxygen atoms in total. The maximum atomic E-state index is 10.3. The van der Waals surface area contributed by atoms with Gasteiger partial charge >= 0.3 is 5.97 Å². The van der Waals surface area contributed by atoms with E-state index < -0.39 is 5.97 Å². The molecule has 1 saturated heterocycles. The van der Waals surface area contributed by atoms with Gasteiger partial charge < -0.3 is 10.2 Å². The fraction of sp³-hybridized carbons (Fsp3) is 0.889. The lowest BCUT2D eigenvalue weighted by Crippen LogP contribution is -2.38. The van der Waals surface area contributed by atoms with Crippen molar-refractivity contribution in [3.8, 4) is 0 Å². The summed E-state index contributed by atoms with van der Waals surface area (Å²) in [4.78, 5) is 12.4. The summed E-state index contributed by atoms with van der Waals surface area (Å²) in [6.45, 7) is 3.25. The van der Waals surface area contributed by atoms with E-state index in [2.05, 4.69) is 4.90 Å². The summed E-state index contributed by atoms with van der Waals surface area (Å²) in [5.74, 6) is -0.767. The number of aliphatic hydroxyl groups is 1. The van der Waals surface area contributed by atoms with E-state index in [0.717, 1.165) is 19.4 Å². The van der Waals surface area contributed by atoms with E-state index in [0.29, 0.717) is 6.54 Å². The van der Waals surface area contributed by atoms with Gasteiger partial charge in [0, 0.05) is 12.6 Å². The number of aliphatic hydroxyl groups excluding tert-OH is 1. The SMILES string of the molecule is C[C@H](O)[C@@H]1CCCN1CCC(=O)O. The Balaban J connectivity index is 2.35. The number of aliphatic carboxylic acids is 1. The van der Waals surface area contributed by atoms with Crippen LogP contribution in [-0.2, 0) is 4.79 Å². The van der Waals surface area contributed by atoms with Crippen molar-refractivity contribution in [1.29, 1.82) is 0 Å². The molecular formula is C9H17NO3. The molecule has 0 bridgehead atoms. The summed E-state index contributed by atoms with van der Waals surface area (Å²) in [5, 5.41) is 17.9. The standard InChI is InChI=1S/C9H17NO3/c1-7(11)8-3-2-5-10(8)6-4-9(12)13/h7-8,11H,2-6H2,1H3,(H,12,13)/t7-,8-/m0/s1. The topological polar surface area (TPSA) is 60.8 Å². The lowest BCUT2D eigenvalue weighted by molar-refractivity contribution is -0.137. The van der Waals surface area contributed by atoms with Crippen molar-refractivity contribution in [2.45, 2.75) is 38.3 Å². The zero-order valence-corrected chi connectivity index (χ0v) is 7.94. The molecule has 76 valence electrons. The minimum Gasteiger partial charge on any atom is -0.481 e. The lowest BCUT2D eigenvalue weighted by atomic mass is 10.1. The van der Waals surface area contributed by atoms with Crippen LogP contribution in [-0.4, -0.2) is 46.3 Å². The molecular weight excluding hydrogens is 170 g/mol. The monoisotopic (exact) mass is 187 g/mol. The Labute approximate surface area is 78.2 Å². The summed E-state index contributed by atoms with van der Waals surface area (Å²) in [5.41, 5.74) is 0. The van der Waals surface area contributed by atoms with E-state index in [9.17, 15) is 9.90 Å². The minimum atomic E-state index is -0.767. The van der Waals surface area contributed by atoms with Crippen LogP contribution in [0.25, 0.3) is 0 Å². The molecule has 0 aromatic carbocycles. The molecule has 4 heteroatoms. The molecule has 2 atom stereocenters. The second kappa shape index (κ2) is 4.58. The molecule has 0 saturated carbocycles. The van der Waals surface area contributed by atoms with Crippen LogP contribution in [0, 0.1) is 0 Å². The molecule has 0 radical (unpaired) electrons. The second-order valence-corrected chi connectivity index (χ2v) is 3.63. The van der Waals surface area contributed by atoms with Crippen molar-refractivity contribution in [3.63, 3.8) is 0 Å². The van der Waals surface area contributed by atoms with Gasteiger partial charge in [0.25, 0.3) is 0 Å². The molecule has 1 heterocycles. The summed E-state index contributed by atoms with van der Waals surface area (Å²) in [6.07, 6.45) is 1.87. The van der Waals surface area contributed by atoms with Gasteiger partial charge in [-0.2, -0.15) is 0 Å². The predicted molar refractivity (Wildman–Crippen MR) is 48.5 cm³/mol. The van der Waals surface area contributed by atoms with Crippen LogP contribution in [0.1, 0.15) is 26.2 Å². The number of hydrogen-bond donors (Lipinski definition) is 2. The molecule has 0 amide bonds. The van der Waals surface area contributed by atoms with Crippen LogP contribution in [0.3, 0.4) is 0 Å². The number of nitrogens with zero attached hydrogens (tertiary/aromatic N) is 1. The number of carbonyl (C=O) groups is 1. The van der Waals surface area contributed by atoms with E-state index in [-0.39, 0.29) is 18.6 Å². The van der Waals surface area contributed by atoms with Crippen LogP contribution >= 0.6 is 0 Å². The molecule has 13 heavy (non-hydrogen) atoms. The van der Waals surface area contributed by atoms with Crippen molar-refractivity contribution < 1.29 is 15.0 Å².